The maximum absolute atomic E-state index is 13.1. The third-order valence-electron chi connectivity index (χ3n) is 5.89. The zero-order valence-corrected chi connectivity index (χ0v) is 16.2. The van der Waals surface area contributed by atoms with Gasteiger partial charge in [-0.15, -0.1) is 0 Å². The zero-order chi connectivity index (χ0) is 19.8. The van der Waals surface area contributed by atoms with E-state index in [1.807, 2.05) is 18.2 Å². The van der Waals surface area contributed by atoms with Crippen LogP contribution in [0.25, 0.3) is 0 Å². The lowest BCUT2D eigenvalue weighted by atomic mass is 9.67. The first-order valence-electron chi connectivity index (χ1n) is 9.63. The van der Waals surface area contributed by atoms with E-state index in [2.05, 4.69) is 11.4 Å². The fraction of sp³-hybridized carbons (Fsp3) is 0.409. The number of amidine groups is 1. The molecule has 0 unspecified atom stereocenters. The van der Waals surface area contributed by atoms with Crippen LogP contribution in [0, 0.1) is 5.41 Å². The number of anilines is 1. The molecule has 2 aromatic rings. The Morgan fingerprint density at radius 1 is 1.04 bits per heavy atom. The smallest absolute Gasteiger partial charge is 0.343 e. The Hall–Kier alpha value is -2.01. The van der Waals surface area contributed by atoms with Gasteiger partial charge in [0, 0.05) is 16.1 Å². The van der Waals surface area contributed by atoms with Crippen LogP contribution in [0.1, 0.15) is 48.8 Å². The lowest BCUT2D eigenvalue weighted by molar-refractivity contribution is -0.137. The second-order valence-corrected chi connectivity index (χ2v) is 8.18. The normalized spacial score (nSPS) is 20.1. The summed E-state index contributed by atoms with van der Waals surface area (Å²) in [4.78, 5) is 4.77. The number of benzene rings is 2. The molecule has 148 valence electrons. The number of hydrogen-bond donors (Lipinski definition) is 1. The second kappa shape index (κ2) is 7.43. The summed E-state index contributed by atoms with van der Waals surface area (Å²) >= 11 is 6.17. The standard InChI is InChI=1S/C22H22ClF3N2/c23-18-9-8-17(22(24,25)26)12-16(18)14-27-20-21(10-4-1-5-11-21)13-15-6-2-3-7-19(15)28-20/h2-3,6-9,12H,1,4-5,10-11,13-14H2,(H,27,28). The van der Waals surface area contributed by atoms with Crippen molar-refractivity contribution in [2.75, 3.05) is 5.32 Å². The Balaban J connectivity index is 1.67. The fourth-order valence-electron chi connectivity index (χ4n) is 4.39. The SMILES string of the molecule is FC(F)(F)c1ccc(Cl)c(CN=C2Nc3ccccc3CC23CCCCC3)c1. The van der Waals surface area contributed by atoms with Crippen molar-refractivity contribution in [3.63, 3.8) is 0 Å². The number of alkyl halides is 3. The predicted octanol–water partition coefficient (Wildman–Crippen LogP) is 6.88. The minimum Gasteiger partial charge on any atom is -0.343 e. The van der Waals surface area contributed by atoms with E-state index in [4.69, 9.17) is 16.6 Å². The molecule has 0 aromatic heterocycles. The molecular weight excluding hydrogens is 385 g/mol. The van der Waals surface area contributed by atoms with Gasteiger partial charge in [-0.25, -0.2) is 0 Å². The minimum atomic E-state index is -4.39. The van der Waals surface area contributed by atoms with Crippen LogP contribution < -0.4 is 5.32 Å². The number of hydrogen-bond acceptors (Lipinski definition) is 1. The highest BCUT2D eigenvalue weighted by atomic mass is 35.5. The Labute approximate surface area is 167 Å². The molecule has 0 bridgehead atoms. The van der Waals surface area contributed by atoms with E-state index in [1.54, 1.807) is 0 Å². The van der Waals surface area contributed by atoms with E-state index < -0.39 is 11.7 Å². The van der Waals surface area contributed by atoms with Crippen LogP contribution in [0.15, 0.2) is 47.5 Å². The molecule has 1 heterocycles. The lowest BCUT2D eigenvalue weighted by Crippen LogP contribution is -2.43. The van der Waals surface area contributed by atoms with Crippen molar-refractivity contribution in [2.45, 2.75) is 51.2 Å². The van der Waals surface area contributed by atoms with Gasteiger partial charge in [0.05, 0.1) is 12.1 Å². The van der Waals surface area contributed by atoms with Crippen LogP contribution in [0.4, 0.5) is 18.9 Å². The van der Waals surface area contributed by atoms with Crippen molar-refractivity contribution in [3.8, 4) is 0 Å². The van der Waals surface area contributed by atoms with E-state index in [-0.39, 0.29) is 12.0 Å². The van der Waals surface area contributed by atoms with Gasteiger partial charge in [-0.3, -0.25) is 4.99 Å². The molecule has 28 heavy (non-hydrogen) atoms. The van der Waals surface area contributed by atoms with Gasteiger partial charge in [-0.2, -0.15) is 13.2 Å². The molecule has 1 spiro atoms. The molecular formula is C22H22ClF3N2. The summed E-state index contributed by atoms with van der Waals surface area (Å²) < 4.78 is 39.2. The first-order valence-corrected chi connectivity index (χ1v) is 10.0. The number of halogens is 4. The molecule has 1 saturated carbocycles. The molecule has 2 aliphatic rings. The summed E-state index contributed by atoms with van der Waals surface area (Å²) in [7, 11) is 0. The zero-order valence-electron chi connectivity index (χ0n) is 15.5. The molecule has 2 aromatic carbocycles. The third kappa shape index (κ3) is 3.77. The van der Waals surface area contributed by atoms with Crippen LogP contribution in [0.5, 0.6) is 0 Å². The molecule has 0 saturated heterocycles. The number of nitrogens with zero attached hydrogens (tertiary/aromatic N) is 1. The van der Waals surface area contributed by atoms with Crippen LogP contribution >= 0.6 is 11.6 Å². The number of aliphatic imine (C=N–C) groups is 1. The molecule has 1 aliphatic heterocycles. The largest absolute Gasteiger partial charge is 0.416 e. The molecule has 1 fully saturated rings. The highest BCUT2D eigenvalue weighted by Crippen LogP contribution is 2.45. The topological polar surface area (TPSA) is 24.4 Å². The van der Waals surface area contributed by atoms with Crippen molar-refractivity contribution in [1.82, 2.24) is 0 Å². The predicted molar refractivity (Wildman–Crippen MR) is 107 cm³/mol. The average Bonchev–Trinajstić information content (AvgIpc) is 2.67. The van der Waals surface area contributed by atoms with E-state index >= 15 is 0 Å². The summed E-state index contributed by atoms with van der Waals surface area (Å²) in [5.74, 6) is 0.888. The third-order valence-corrected chi connectivity index (χ3v) is 6.26. The minimum absolute atomic E-state index is 0.0548. The molecule has 4 rings (SSSR count). The quantitative estimate of drug-likeness (QED) is 0.577. The summed E-state index contributed by atoms with van der Waals surface area (Å²) in [5, 5.41) is 3.79. The van der Waals surface area contributed by atoms with E-state index in [0.717, 1.165) is 55.8 Å². The molecule has 1 aliphatic carbocycles. The molecule has 2 nitrogen and oxygen atoms in total. The van der Waals surface area contributed by atoms with Gasteiger partial charge in [0.2, 0.25) is 0 Å². The van der Waals surface area contributed by atoms with Crippen LogP contribution in [0.3, 0.4) is 0 Å². The van der Waals surface area contributed by atoms with Crippen LogP contribution in [-0.2, 0) is 19.1 Å². The second-order valence-electron chi connectivity index (χ2n) is 7.77. The number of nitrogens with one attached hydrogen (secondary N) is 1. The van der Waals surface area contributed by atoms with Gasteiger partial charge >= 0.3 is 6.18 Å². The Kier molecular flexibility index (Phi) is 5.13. The van der Waals surface area contributed by atoms with Gasteiger partial charge in [0.1, 0.15) is 5.84 Å². The fourth-order valence-corrected chi connectivity index (χ4v) is 4.57. The maximum atomic E-state index is 13.1. The van der Waals surface area contributed by atoms with Gasteiger partial charge in [-0.05, 0) is 54.7 Å². The number of para-hydroxylation sites is 1. The number of rotatable bonds is 2. The first-order chi connectivity index (χ1) is 13.4. The Bertz CT molecular complexity index is 899. The van der Waals surface area contributed by atoms with Gasteiger partial charge in [-0.1, -0.05) is 49.1 Å². The van der Waals surface area contributed by atoms with Crippen LogP contribution in [0.2, 0.25) is 5.02 Å². The molecule has 0 atom stereocenters. The summed E-state index contributed by atoms with van der Waals surface area (Å²) in [6, 6.07) is 11.6. The van der Waals surface area contributed by atoms with Crippen molar-refractivity contribution in [3.05, 3.63) is 64.2 Å². The van der Waals surface area contributed by atoms with E-state index in [0.29, 0.717) is 10.6 Å². The van der Waals surface area contributed by atoms with Crippen molar-refractivity contribution in [1.29, 1.82) is 0 Å². The summed E-state index contributed by atoms with van der Waals surface area (Å²) in [6.45, 7) is 0.134. The summed E-state index contributed by atoms with van der Waals surface area (Å²) in [6.07, 6.45) is 2.13. The summed E-state index contributed by atoms with van der Waals surface area (Å²) in [5.41, 5.74) is 1.96. The van der Waals surface area contributed by atoms with Crippen molar-refractivity contribution in [2.24, 2.45) is 10.4 Å². The first kappa shape index (κ1) is 19.3. The van der Waals surface area contributed by atoms with E-state index in [9.17, 15) is 13.2 Å². The van der Waals surface area contributed by atoms with Gasteiger partial charge < -0.3 is 5.32 Å². The average molecular weight is 407 g/mol. The van der Waals surface area contributed by atoms with Gasteiger partial charge in [0.25, 0.3) is 0 Å². The maximum Gasteiger partial charge on any atom is 0.416 e. The highest BCUT2D eigenvalue weighted by Gasteiger charge is 2.41. The lowest BCUT2D eigenvalue weighted by Gasteiger charge is -2.42. The Morgan fingerprint density at radius 3 is 2.54 bits per heavy atom. The molecule has 6 heteroatoms. The Morgan fingerprint density at radius 2 is 1.79 bits per heavy atom. The van der Waals surface area contributed by atoms with Crippen molar-refractivity contribution >= 4 is 23.1 Å². The highest BCUT2D eigenvalue weighted by molar-refractivity contribution is 6.31. The molecule has 1 N–H and O–H groups in total. The van der Waals surface area contributed by atoms with Crippen molar-refractivity contribution < 1.29 is 13.2 Å². The monoisotopic (exact) mass is 406 g/mol. The molecule has 0 amide bonds. The van der Waals surface area contributed by atoms with Crippen LogP contribution in [-0.4, -0.2) is 5.84 Å². The molecule has 0 radical (unpaired) electrons. The van der Waals surface area contributed by atoms with Gasteiger partial charge in [0.15, 0.2) is 0 Å². The number of fused-ring (bicyclic) bond motifs is 1. The van der Waals surface area contributed by atoms with E-state index in [1.165, 1.54) is 18.1 Å².